The molecule has 0 saturated heterocycles. The van der Waals surface area contributed by atoms with Gasteiger partial charge in [0.25, 0.3) is 5.91 Å². The number of hydrogen-bond donors (Lipinski definition) is 1. The van der Waals surface area contributed by atoms with Crippen molar-refractivity contribution < 1.29 is 14.3 Å². The van der Waals surface area contributed by atoms with Crippen molar-refractivity contribution in [2.45, 2.75) is 12.8 Å². The SMILES string of the molecule is CN(C)CCNC(=O)CCCN1C(=O)c2cccnc2Oc2ccc(Cl)cc21. The van der Waals surface area contributed by atoms with Gasteiger partial charge in [-0.1, -0.05) is 11.6 Å². The van der Waals surface area contributed by atoms with Gasteiger partial charge in [-0.2, -0.15) is 0 Å². The summed E-state index contributed by atoms with van der Waals surface area (Å²) in [6, 6.07) is 8.49. The average molecular weight is 403 g/mol. The molecule has 0 unspecified atom stereocenters. The van der Waals surface area contributed by atoms with Crippen molar-refractivity contribution in [3.05, 3.63) is 47.1 Å². The summed E-state index contributed by atoms with van der Waals surface area (Å²) < 4.78 is 5.84. The number of nitrogens with zero attached hydrogens (tertiary/aromatic N) is 3. The molecule has 2 amide bonds. The third kappa shape index (κ3) is 4.79. The monoisotopic (exact) mass is 402 g/mol. The van der Waals surface area contributed by atoms with Crippen LogP contribution in [0.3, 0.4) is 0 Å². The highest BCUT2D eigenvalue weighted by atomic mass is 35.5. The molecule has 0 spiro atoms. The Morgan fingerprint density at radius 2 is 2.14 bits per heavy atom. The summed E-state index contributed by atoms with van der Waals surface area (Å²) in [5.74, 6) is 0.511. The maximum Gasteiger partial charge on any atom is 0.263 e. The number of nitrogens with one attached hydrogen (secondary N) is 1. The van der Waals surface area contributed by atoms with Crippen LogP contribution < -0.4 is 15.0 Å². The first-order valence-electron chi connectivity index (χ1n) is 9.11. The van der Waals surface area contributed by atoms with Gasteiger partial charge in [-0.25, -0.2) is 4.98 Å². The number of likely N-dealkylation sites (N-methyl/N-ethyl adjacent to an activating group) is 1. The van der Waals surface area contributed by atoms with E-state index >= 15 is 0 Å². The third-order valence-corrected chi connectivity index (χ3v) is 4.57. The molecule has 1 aliphatic heterocycles. The van der Waals surface area contributed by atoms with E-state index in [1.165, 1.54) is 0 Å². The normalized spacial score (nSPS) is 12.9. The van der Waals surface area contributed by atoms with Gasteiger partial charge < -0.3 is 19.9 Å². The van der Waals surface area contributed by atoms with Crippen LogP contribution in [0.25, 0.3) is 0 Å². The van der Waals surface area contributed by atoms with Crippen LogP contribution in [0.15, 0.2) is 36.5 Å². The second kappa shape index (κ2) is 9.03. The van der Waals surface area contributed by atoms with E-state index in [0.717, 1.165) is 6.54 Å². The number of benzene rings is 1. The van der Waals surface area contributed by atoms with Gasteiger partial charge in [0.1, 0.15) is 5.56 Å². The molecule has 1 aromatic carbocycles. The molecule has 0 radical (unpaired) electrons. The van der Waals surface area contributed by atoms with Crippen molar-refractivity contribution >= 4 is 29.1 Å². The van der Waals surface area contributed by atoms with Crippen molar-refractivity contribution in [2.75, 3.05) is 38.6 Å². The van der Waals surface area contributed by atoms with Crippen molar-refractivity contribution in [1.29, 1.82) is 0 Å². The Balaban J connectivity index is 1.73. The quantitative estimate of drug-likeness (QED) is 0.770. The fourth-order valence-electron chi connectivity index (χ4n) is 2.91. The molecule has 8 heteroatoms. The largest absolute Gasteiger partial charge is 0.436 e. The van der Waals surface area contributed by atoms with Gasteiger partial charge in [-0.05, 0) is 50.8 Å². The lowest BCUT2D eigenvalue weighted by atomic mass is 10.2. The second-order valence-electron chi connectivity index (χ2n) is 6.78. The Hall–Kier alpha value is -2.64. The average Bonchev–Trinajstić information content (AvgIpc) is 2.77. The van der Waals surface area contributed by atoms with E-state index < -0.39 is 0 Å². The van der Waals surface area contributed by atoms with Gasteiger partial charge in [-0.15, -0.1) is 0 Å². The number of rotatable bonds is 7. The van der Waals surface area contributed by atoms with Crippen LogP contribution in [0.5, 0.6) is 11.6 Å². The van der Waals surface area contributed by atoms with Crippen LogP contribution in [0.1, 0.15) is 23.2 Å². The van der Waals surface area contributed by atoms with Crippen LogP contribution in [0.2, 0.25) is 5.02 Å². The van der Waals surface area contributed by atoms with Gasteiger partial charge >= 0.3 is 0 Å². The predicted octanol–water partition coefficient (Wildman–Crippen LogP) is 2.95. The summed E-state index contributed by atoms with van der Waals surface area (Å²) in [7, 11) is 3.91. The summed E-state index contributed by atoms with van der Waals surface area (Å²) in [5.41, 5.74) is 0.953. The Morgan fingerprint density at radius 1 is 1.32 bits per heavy atom. The zero-order valence-electron chi connectivity index (χ0n) is 15.9. The molecule has 148 valence electrons. The maximum absolute atomic E-state index is 13.1. The zero-order chi connectivity index (χ0) is 20.1. The molecular weight excluding hydrogens is 380 g/mol. The van der Waals surface area contributed by atoms with Crippen molar-refractivity contribution in [3.63, 3.8) is 0 Å². The highest BCUT2D eigenvalue weighted by molar-refractivity contribution is 6.31. The fourth-order valence-corrected chi connectivity index (χ4v) is 3.08. The number of halogens is 1. The van der Waals surface area contributed by atoms with E-state index in [9.17, 15) is 9.59 Å². The fraction of sp³-hybridized carbons (Fsp3) is 0.350. The Labute approximate surface area is 169 Å². The number of carbonyl (C=O) groups excluding carboxylic acids is 2. The summed E-state index contributed by atoms with van der Waals surface area (Å²) in [5, 5.41) is 3.38. The van der Waals surface area contributed by atoms with Crippen LogP contribution >= 0.6 is 11.6 Å². The van der Waals surface area contributed by atoms with E-state index in [2.05, 4.69) is 10.3 Å². The number of carbonyl (C=O) groups is 2. The minimum Gasteiger partial charge on any atom is -0.436 e. The summed E-state index contributed by atoms with van der Waals surface area (Å²) in [6.45, 7) is 1.74. The van der Waals surface area contributed by atoms with Gasteiger partial charge in [0.15, 0.2) is 5.75 Å². The Morgan fingerprint density at radius 3 is 2.93 bits per heavy atom. The topological polar surface area (TPSA) is 74.8 Å². The van der Waals surface area contributed by atoms with Gasteiger partial charge in [0.05, 0.1) is 5.69 Å². The van der Waals surface area contributed by atoms with E-state index in [1.807, 2.05) is 19.0 Å². The predicted molar refractivity (Wildman–Crippen MR) is 108 cm³/mol. The second-order valence-corrected chi connectivity index (χ2v) is 7.22. The minimum atomic E-state index is -0.225. The third-order valence-electron chi connectivity index (χ3n) is 4.33. The van der Waals surface area contributed by atoms with Crippen molar-refractivity contribution in [2.24, 2.45) is 0 Å². The molecule has 2 aromatic rings. The molecule has 7 nitrogen and oxygen atoms in total. The molecule has 0 saturated carbocycles. The minimum absolute atomic E-state index is 0.0336. The number of aromatic nitrogens is 1. The van der Waals surface area contributed by atoms with E-state index in [0.29, 0.717) is 48.0 Å². The molecule has 0 bridgehead atoms. The first kappa shape index (κ1) is 20.1. The highest BCUT2D eigenvalue weighted by Gasteiger charge is 2.29. The molecule has 0 fully saturated rings. The van der Waals surface area contributed by atoms with Crippen molar-refractivity contribution in [1.82, 2.24) is 15.2 Å². The Bertz CT molecular complexity index is 872. The summed E-state index contributed by atoms with van der Waals surface area (Å²) in [4.78, 5) is 32.9. The maximum atomic E-state index is 13.1. The van der Waals surface area contributed by atoms with Crippen LogP contribution in [0.4, 0.5) is 5.69 Å². The summed E-state index contributed by atoms with van der Waals surface area (Å²) >= 11 is 6.14. The number of hydrogen-bond acceptors (Lipinski definition) is 5. The highest BCUT2D eigenvalue weighted by Crippen LogP contribution is 2.39. The zero-order valence-corrected chi connectivity index (χ0v) is 16.7. The molecule has 1 aromatic heterocycles. The first-order chi connectivity index (χ1) is 13.5. The molecule has 3 rings (SSSR count). The van der Waals surface area contributed by atoms with E-state index in [1.54, 1.807) is 41.4 Å². The molecule has 0 atom stereocenters. The number of pyridine rings is 1. The number of amides is 2. The van der Waals surface area contributed by atoms with E-state index in [4.69, 9.17) is 16.3 Å². The first-order valence-corrected chi connectivity index (χ1v) is 9.49. The molecule has 28 heavy (non-hydrogen) atoms. The lowest BCUT2D eigenvalue weighted by Crippen LogP contribution is -2.34. The van der Waals surface area contributed by atoms with Gasteiger partial charge in [-0.3, -0.25) is 9.59 Å². The van der Waals surface area contributed by atoms with Crippen LogP contribution in [-0.4, -0.2) is 55.4 Å². The summed E-state index contributed by atoms with van der Waals surface area (Å²) in [6.07, 6.45) is 2.42. The lowest BCUT2D eigenvalue weighted by molar-refractivity contribution is -0.121. The lowest BCUT2D eigenvalue weighted by Gasteiger charge is -2.22. The smallest absolute Gasteiger partial charge is 0.263 e. The van der Waals surface area contributed by atoms with E-state index in [-0.39, 0.29) is 17.7 Å². The van der Waals surface area contributed by atoms with Gasteiger partial charge in [0.2, 0.25) is 11.8 Å². The van der Waals surface area contributed by atoms with Crippen LogP contribution in [0, 0.1) is 0 Å². The number of anilines is 1. The van der Waals surface area contributed by atoms with Crippen LogP contribution in [-0.2, 0) is 4.79 Å². The number of ether oxygens (including phenoxy) is 1. The molecular formula is C20H23ClN4O3. The molecule has 2 heterocycles. The van der Waals surface area contributed by atoms with Gasteiger partial charge in [0, 0.05) is 37.3 Å². The number of fused-ring (bicyclic) bond motifs is 2. The standard InChI is InChI=1S/C20H23ClN4O3/c1-24(2)12-10-22-18(26)6-4-11-25-16-13-14(21)7-8-17(16)28-19-15(20(25)27)5-3-9-23-19/h3,5,7-9,13H,4,6,10-12H2,1-2H3,(H,22,26). The molecule has 0 aliphatic carbocycles. The molecule has 1 N–H and O–H groups in total. The van der Waals surface area contributed by atoms with Crippen molar-refractivity contribution in [3.8, 4) is 11.6 Å². The Kier molecular flexibility index (Phi) is 6.49. The molecule has 1 aliphatic rings.